The van der Waals surface area contributed by atoms with E-state index in [9.17, 15) is 4.79 Å². The van der Waals surface area contributed by atoms with E-state index in [0.29, 0.717) is 6.04 Å². The Morgan fingerprint density at radius 2 is 2.00 bits per heavy atom. The normalized spacial score (nSPS) is 17.1. The average Bonchev–Trinajstić information content (AvgIpc) is 2.48. The lowest BCUT2D eigenvalue weighted by molar-refractivity contribution is -0.139. The molecule has 0 aromatic heterocycles. The number of benzene rings is 1. The molecule has 1 aromatic rings. The van der Waals surface area contributed by atoms with E-state index >= 15 is 0 Å². The molecular weight excluding hydrogens is 276 g/mol. The molecule has 122 valence electrons. The molecule has 4 heteroatoms. The summed E-state index contributed by atoms with van der Waals surface area (Å²) in [5, 5.41) is 8.99. The molecule has 0 saturated carbocycles. The molecule has 0 radical (unpaired) electrons. The first kappa shape index (κ1) is 17.0. The van der Waals surface area contributed by atoms with Crippen molar-refractivity contribution in [1.29, 1.82) is 0 Å². The smallest absolute Gasteiger partial charge is 0.317 e. The highest BCUT2D eigenvalue weighted by Crippen LogP contribution is 2.20. The molecule has 1 saturated heterocycles. The predicted molar refractivity (Wildman–Crippen MR) is 89.1 cm³/mol. The van der Waals surface area contributed by atoms with Crippen LogP contribution in [-0.4, -0.2) is 53.1 Å². The number of hydrogen-bond acceptors (Lipinski definition) is 3. The van der Waals surface area contributed by atoms with Crippen molar-refractivity contribution in [2.45, 2.75) is 46.2 Å². The van der Waals surface area contributed by atoms with Crippen LogP contribution in [0, 0.1) is 13.8 Å². The lowest BCUT2D eigenvalue weighted by Crippen LogP contribution is -2.46. The number of carbonyl (C=O) groups is 1. The fourth-order valence-electron chi connectivity index (χ4n) is 3.38. The molecule has 1 N–H and O–H groups in total. The van der Waals surface area contributed by atoms with E-state index in [-0.39, 0.29) is 6.54 Å². The van der Waals surface area contributed by atoms with E-state index in [0.717, 1.165) is 39.0 Å². The topological polar surface area (TPSA) is 43.8 Å². The van der Waals surface area contributed by atoms with Gasteiger partial charge in [0, 0.05) is 12.6 Å². The van der Waals surface area contributed by atoms with Crippen molar-refractivity contribution < 1.29 is 9.90 Å². The van der Waals surface area contributed by atoms with Gasteiger partial charge in [0.2, 0.25) is 0 Å². The van der Waals surface area contributed by atoms with Gasteiger partial charge in [-0.1, -0.05) is 30.7 Å². The minimum absolute atomic E-state index is 0.165. The Morgan fingerprint density at radius 3 is 2.55 bits per heavy atom. The number of rotatable bonds is 6. The number of aryl methyl sites for hydroxylation is 2. The number of nitrogens with zero attached hydrogens (tertiary/aromatic N) is 2. The summed E-state index contributed by atoms with van der Waals surface area (Å²) in [4.78, 5) is 15.5. The second kappa shape index (κ2) is 7.75. The van der Waals surface area contributed by atoms with Gasteiger partial charge in [-0.3, -0.25) is 14.6 Å². The molecular formula is C18H28N2O2. The van der Waals surface area contributed by atoms with Crippen molar-refractivity contribution in [2.75, 3.05) is 26.2 Å². The maximum atomic E-state index is 10.9. The largest absolute Gasteiger partial charge is 0.480 e. The maximum absolute atomic E-state index is 10.9. The van der Waals surface area contributed by atoms with Crippen molar-refractivity contribution in [2.24, 2.45) is 0 Å². The van der Waals surface area contributed by atoms with Gasteiger partial charge < -0.3 is 5.11 Å². The van der Waals surface area contributed by atoms with E-state index in [1.54, 1.807) is 0 Å². The zero-order valence-electron chi connectivity index (χ0n) is 14.0. The van der Waals surface area contributed by atoms with Gasteiger partial charge in [-0.25, -0.2) is 0 Å². The van der Waals surface area contributed by atoms with Crippen LogP contribution >= 0.6 is 0 Å². The van der Waals surface area contributed by atoms with E-state index < -0.39 is 5.97 Å². The Hall–Kier alpha value is -1.39. The van der Waals surface area contributed by atoms with Crippen LogP contribution in [0.5, 0.6) is 0 Å². The Morgan fingerprint density at radius 1 is 1.32 bits per heavy atom. The second-order valence-corrected chi connectivity index (χ2v) is 6.39. The number of piperidine rings is 1. The summed E-state index contributed by atoms with van der Waals surface area (Å²) >= 11 is 0. The summed E-state index contributed by atoms with van der Waals surface area (Å²) in [5.74, 6) is -0.723. The third-order valence-electron chi connectivity index (χ3n) is 4.71. The Bertz CT molecular complexity index is 508. The van der Waals surface area contributed by atoms with Crippen molar-refractivity contribution in [3.8, 4) is 0 Å². The van der Waals surface area contributed by atoms with E-state index in [4.69, 9.17) is 5.11 Å². The quantitative estimate of drug-likeness (QED) is 0.877. The fourth-order valence-corrected chi connectivity index (χ4v) is 3.38. The van der Waals surface area contributed by atoms with Gasteiger partial charge in [0.15, 0.2) is 0 Å². The van der Waals surface area contributed by atoms with Crippen LogP contribution in [0.15, 0.2) is 18.2 Å². The van der Waals surface area contributed by atoms with E-state index in [1.807, 2.05) is 6.92 Å². The van der Waals surface area contributed by atoms with Gasteiger partial charge in [0.1, 0.15) is 0 Å². The number of aliphatic carboxylic acids is 1. The highest BCUT2D eigenvalue weighted by atomic mass is 16.4. The molecule has 0 bridgehead atoms. The number of likely N-dealkylation sites (tertiary alicyclic amines) is 1. The number of carboxylic acid groups (broad SMARTS) is 1. The van der Waals surface area contributed by atoms with Crippen molar-refractivity contribution in [3.63, 3.8) is 0 Å². The Labute approximate surface area is 133 Å². The Balaban J connectivity index is 1.87. The molecule has 1 heterocycles. The molecule has 0 unspecified atom stereocenters. The SMILES string of the molecule is CCN(CC(=O)O)C1CCN(Cc2ccc(C)cc2C)CC1. The molecule has 0 spiro atoms. The highest BCUT2D eigenvalue weighted by molar-refractivity contribution is 5.69. The summed E-state index contributed by atoms with van der Waals surface area (Å²) in [6.45, 7) is 10.4. The Kier molecular flexibility index (Phi) is 5.98. The molecule has 1 aromatic carbocycles. The number of likely N-dealkylation sites (N-methyl/N-ethyl adjacent to an activating group) is 1. The van der Waals surface area contributed by atoms with Crippen molar-refractivity contribution in [3.05, 3.63) is 34.9 Å². The van der Waals surface area contributed by atoms with Gasteiger partial charge in [0.25, 0.3) is 0 Å². The second-order valence-electron chi connectivity index (χ2n) is 6.39. The van der Waals surface area contributed by atoms with Gasteiger partial charge in [-0.05, 0) is 57.5 Å². The average molecular weight is 304 g/mol. The molecule has 0 atom stereocenters. The number of carboxylic acids is 1. The van der Waals surface area contributed by atoms with Crippen LogP contribution in [-0.2, 0) is 11.3 Å². The first-order valence-electron chi connectivity index (χ1n) is 8.24. The molecule has 0 aliphatic carbocycles. The lowest BCUT2D eigenvalue weighted by Gasteiger charge is -2.37. The zero-order valence-corrected chi connectivity index (χ0v) is 14.0. The lowest BCUT2D eigenvalue weighted by atomic mass is 10.0. The standard InChI is InChI=1S/C18H28N2O2/c1-4-20(13-18(21)22)17-7-9-19(10-8-17)12-16-6-5-14(2)11-15(16)3/h5-6,11,17H,4,7-10,12-13H2,1-3H3,(H,21,22). The molecule has 2 rings (SSSR count). The summed E-state index contributed by atoms with van der Waals surface area (Å²) in [6, 6.07) is 7.07. The minimum atomic E-state index is -0.723. The highest BCUT2D eigenvalue weighted by Gasteiger charge is 2.25. The van der Waals surface area contributed by atoms with E-state index in [2.05, 4.69) is 41.8 Å². The summed E-state index contributed by atoms with van der Waals surface area (Å²) in [5.41, 5.74) is 4.08. The molecule has 1 aliphatic rings. The summed E-state index contributed by atoms with van der Waals surface area (Å²) in [6.07, 6.45) is 2.12. The molecule has 22 heavy (non-hydrogen) atoms. The minimum Gasteiger partial charge on any atom is -0.480 e. The van der Waals surface area contributed by atoms with Crippen molar-refractivity contribution >= 4 is 5.97 Å². The number of hydrogen-bond donors (Lipinski definition) is 1. The van der Waals surface area contributed by atoms with Gasteiger partial charge >= 0.3 is 5.97 Å². The van der Waals surface area contributed by atoms with Crippen LogP contribution in [0.3, 0.4) is 0 Å². The summed E-state index contributed by atoms with van der Waals surface area (Å²) < 4.78 is 0. The maximum Gasteiger partial charge on any atom is 0.317 e. The third kappa shape index (κ3) is 4.55. The molecule has 4 nitrogen and oxygen atoms in total. The third-order valence-corrected chi connectivity index (χ3v) is 4.71. The van der Waals surface area contributed by atoms with Crippen LogP contribution in [0.4, 0.5) is 0 Å². The monoisotopic (exact) mass is 304 g/mol. The first-order valence-corrected chi connectivity index (χ1v) is 8.24. The predicted octanol–water partition coefficient (Wildman–Crippen LogP) is 2.67. The van der Waals surface area contributed by atoms with Crippen LogP contribution in [0.2, 0.25) is 0 Å². The van der Waals surface area contributed by atoms with Gasteiger partial charge in [0.05, 0.1) is 6.54 Å². The molecule has 1 aliphatic heterocycles. The summed E-state index contributed by atoms with van der Waals surface area (Å²) in [7, 11) is 0. The van der Waals surface area contributed by atoms with E-state index in [1.165, 1.54) is 16.7 Å². The van der Waals surface area contributed by atoms with Crippen LogP contribution < -0.4 is 0 Å². The zero-order chi connectivity index (χ0) is 16.1. The van der Waals surface area contributed by atoms with Crippen LogP contribution in [0.25, 0.3) is 0 Å². The van der Waals surface area contributed by atoms with Crippen molar-refractivity contribution in [1.82, 2.24) is 9.80 Å². The molecule has 1 fully saturated rings. The molecule has 0 amide bonds. The first-order chi connectivity index (χ1) is 10.5. The van der Waals surface area contributed by atoms with Crippen LogP contribution in [0.1, 0.15) is 36.5 Å². The van der Waals surface area contributed by atoms with Gasteiger partial charge in [-0.15, -0.1) is 0 Å². The van der Waals surface area contributed by atoms with Gasteiger partial charge in [-0.2, -0.15) is 0 Å². The fraction of sp³-hybridized carbons (Fsp3) is 0.611.